The van der Waals surface area contributed by atoms with Crippen LogP contribution in [0.1, 0.15) is 56.4 Å². The van der Waals surface area contributed by atoms with E-state index in [4.69, 9.17) is 5.11 Å². The molecule has 0 atom stereocenters. The van der Waals surface area contributed by atoms with E-state index in [1.165, 1.54) is 28.3 Å². The quantitative estimate of drug-likeness (QED) is 0.251. The standard InChI is InChI=1S/C14H18O.C14H16O.CH4/c2*1-2-8-13-10-5-6-11-14(13)9-4-3-7-12-15;/h3-7,9-11,15H,2,8,12H2,1H3;3-7,9-12H,2,8H2,1H3;1H4/b2*7-3+,9-4+;. The fourth-order valence-electron chi connectivity index (χ4n) is 2.95. The van der Waals surface area contributed by atoms with Crippen molar-refractivity contribution in [3.63, 3.8) is 0 Å². The van der Waals surface area contributed by atoms with Crippen molar-refractivity contribution in [3.8, 4) is 0 Å². The predicted molar refractivity (Wildman–Crippen MR) is 137 cm³/mol. The molecule has 2 aromatic rings. The summed E-state index contributed by atoms with van der Waals surface area (Å²) in [6.07, 6.45) is 20.1. The summed E-state index contributed by atoms with van der Waals surface area (Å²) in [7, 11) is 0. The molecule has 2 nitrogen and oxygen atoms in total. The summed E-state index contributed by atoms with van der Waals surface area (Å²) in [6, 6.07) is 16.7. The van der Waals surface area contributed by atoms with E-state index in [-0.39, 0.29) is 14.0 Å². The van der Waals surface area contributed by atoms with Crippen LogP contribution in [0.5, 0.6) is 0 Å². The number of carbonyl (C=O) groups excluding carboxylic acids is 1. The molecule has 2 rings (SSSR count). The zero-order valence-electron chi connectivity index (χ0n) is 18.2. The summed E-state index contributed by atoms with van der Waals surface area (Å²) in [6.45, 7) is 4.46. The summed E-state index contributed by atoms with van der Waals surface area (Å²) in [4.78, 5) is 10.1. The molecule has 2 aromatic carbocycles. The van der Waals surface area contributed by atoms with Crippen LogP contribution in [0, 0.1) is 0 Å². The van der Waals surface area contributed by atoms with Gasteiger partial charge in [0.05, 0.1) is 6.61 Å². The molecule has 0 heterocycles. The maximum atomic E-state index is 10.1. The third kappa shape index (κ3) is 12.3. The second kappa shape index (κ2) is 19.0. The molecule has 0 aliphatic rings. The Labute approximate surface area is 189 Å². The number of carbonyl (C=O) groups is 1. The van der Waals surface area contributed by atoms with Gasteiger partial charge >= 0.3 is 0 Å². The summed E-state index contributed by atoms with van der Waals surface area (Å²) in [5.74, 6) is 0. The van der Waals surface area contributed by atoms with Crippen molar-refractivity contribution in [2.45, 2.75) is 47.0 Å². The van der Waals surface area contributed by atoms with Crippen molar-refractivity contribution in [1.29, 1.82) is 0 Å². The van der Waals surface area contributed by atoms with E-state index >= 15 is 0 Å². The van der Waals surface area contributed by atoms with Gasteiger partial charge in [0, 0.05) is 0 Å². The highest BCUT2D eigenvalue weighted by atomic mass is 16.2. The van der Waals surface area contributed by atoms with Gasteiger partial charge in [-0.05, 0) is 41.2 Å². The first kappa shape index (κ1) is 28.0. The van der Waals surface area contributed by atoms with Gasteiger partial charge in [-0.25, -0.2) is 0 Å². The van der Waals surface area contributed by atoms with Crippen molar-refractivity contribution in [2.24, 2.45) is 0 Å². The lowest BCUT2D eigenvalue weighted by Gasteiger charge is -2.02. The number of hydrogen-bond donors (Lipinski definition) is 1. The average Bonchev–Trinajstić information content (AvgIpc) is 2.77. The van der Waals surface area contributed by atoms with E-state index in [9.17, 15) is 4.79 Å². The molecule has 0 amide bonds. The van der Waals surface area contributed by atoms with Crippen molar-refractivity contribution in [1.82, 2.24) is 0 Å². The SMILES string of the molecule is C.CCCc1ccccc1/C=C/C=C/C=O.CCCc1ccccc1/C=C/C=C/CO. The molecule has 0 radical (unpaired) electrons. The molecule has 0 saturated heterocycles. The summed E-state index contributed by atoms with van der Waals surface area (Å²) in [5.41, 5.74) is 5.24. The number of aldehydes is 1. The normalized spacial score (nSPS) is 11.1. The Balaban J connectivity index is 0.000000562. The van der Waals surface area contributed by atoms with Gasteiger partial charge in [0.2, 0.25) is 0 Å². The number of aryl methyl sites for hydroxylation is 2. The molecule has 0 unspecified atom stereocenters. The Morgan fingerprint density at radius 1 is 0.710 bits per heavy atom. The maximum Gasteiger partial charge on any atom is 0.142 e. The van der Waals surface area contributed by atoms with Crippen LogP contribution in [0.4, 0.5) is 0 Å². The minimum atomic E-state index is 0. The summed E-state index contributed by atoms with van der Waals surface area (Å²) >= 11 is 0. The van der Waals surface area contributed by atoms with E-state index in [1.54, 1.807) is 12.2 Å². The smallest absolute Gasteiger partial charge is 0.142 e. The number of hydrogen-bond acceptors (Lipinski definition) is 2. The van der Waals surface area contributed by atoms with Crippen LogP contribution in [-0.4, -0.2) is 18.0 Å². The lowest BCUT2D eigenvalue weighted by molar-refractivity contribution is -0.104. The van der Waals surface area contributed by atoms with Crippen LogP contribution in [-0.2, 0) is 17.6 Å². The van der Waals surface area contributed by atoms with E-state index in [2.05, 4.69) is 62.4 Å². The minimum absolute atomic E-state index is 0. The van der Waals surface area contributed by atoms with E-state index < -0.39 is 0 Å². The number of aliphatic hydroxyl groups is 1. The first-order chi connectivity index (χ1) is 14.8. The topological polar surface area (TPSA) is 37.3 Å². The predicted octanol–water partition coefficient (Wildman–Crippen LogP) is 7.24. The molecule has 31 heavy (non-hydrogen) atoms. The van der Waals surface area contributed by atoms with Gasteiger partial charge in [0.15, 0.2) is 0 Å². The van der Waals surface area contributed by atoms with Gasteiger partial charge in [-0.3, -0.25) is 4.79 Å². The molecule has 166 valence electrons. The molecule has 0 aromatic heterocycles. The number of allylic oxidation sites excluding steroid dienone is 5. The molecular weight excluding hydrogens is 380 g/mol. The molecule has 1 N–H and O–H groups in total. The van der Waals surface area contributed by atoms with Gasteiger partial charge in [-0.1, -0.05) is 125 Å². The van der Waals surface area contributed by atoms with Gasteiger partial charge in [0.1, 0.15) is 6.29 Å². The highest BCUT2D eigenvalue weighted by Gasteiger charge is 1.96. The van der Waals surface area contributed by atoms with Gasteiger partial charge < -0.3 is 5.11 Å². The average molecular weight is 419 g/mol. The van der Waals surface area contributed by atoms with Gasteiger partial charge in [-0.2, -0.15) is 0 Å². The van der Waals surface area contributed by atoms with Gasteiger partial charge in [0.25, 0.3) is 0 Å². The zero-order chi connectivity index (χ0) is 21.9. The fourth-order valence-corrected chi connectivity index (χ4v) is 2.95. The maximum absolute atomic E-state index is 10.1. The van der Waals surface area contributed by atoms with E-state index in [0.717, 1.165) is 32.0 Å². The van der Waals surface area contributed by atoms with Crippen molar-refractivity contribution in [2.75, 3.05) is 6.61 Å². The van der Waals surface area contributed by atoms with Crippen LogP contribution in [0.25, 0.3) is 12.2 Å². The van der Waals surface area contributed by atoms with Crippen LogP contribution < -0.4 is 0 Å². The van der Waals surface area contributed by atoms with E-state index in [0.29, 0.717) is 0 Å². The third-order valence-corrected chi connectivity index (χ3v) is 4.35. The Morgan fingerprint density at radius 2 is 1.19 bits per heavy atom. The first-order valence-corrected chi connectivity index (χ1v) is 10.6. The lowest BCUT2D eigenvalue weighted by atomic mass is 10.0. The monoisotopic (exact) mass is 418 g/mol. The minimum Gasteiger partial charge on any atom is -0.392 e. The Kier molecular flexibility index (Phi) is 17.2. The van der Waals surface area contributed by atoms with Crippen LogP contribution >= 0.6 is 0 Å². The second-order valence-electron chi connectivity index (χ2n) is 6.75. The Hall–Kier alpha value is -2.97. The van der Waals surface area contributed by atoms with Gasteiger partial charge in [-0.15, -0.1) is 0 Å². The molecule has 0 saturated carbocycles. The molecular formula is C29H38O2. The first-order valence-electron chi connectivity index (χ1n) is 10.6. The number of benzene rings is 2. The van der Waals surface area contributed by atoms with Crippen LogP contribution in [0.3, 0.4) is 0 Å². The van der Waals surface area contributed by atoms with Crippen molar-refractivity contribution in [3.05, 3.63) is 107 Å². The zero-order valence-corrected chi connectivity index (χ0v) is 18.2. The molecule has 0 aliphatic heterocycles. The molecule has 0 bridgehead atoms. The highest BCUT2D eigenvalue weighted by molar-refractivity contribution is 5.66. The number of rotatable bonds is 10. The lowest BCUT2D eigenvalue weighted by Crippen LogP contribution is -1.86. The molecule has 0 spiro atoms. The highest BCUT2D eigenvalue weighted by Crippen LogP contribution is 2.13. The van der Waals surface area contributed by atoms with E-state index in [1.807, 2.05) is 30.4 Å². The molecule has 0 aliphatic carbocycles. The Morgan fingerprint density at radius 3 is 1.65 bits per heavy atom. The van der Waals surface area contributed by atoms with Crippen molar-refractivity contribution < 1.29 is 9.90 Å². The summed E-state index contributed by atoms with van der Waals surface area (Å²) < 4.78 is 0. The second-order valence-corrected chi connectivity index (χ2v) is 6.75. The van der Waals surface area contributed by atoms with Crippen molar-refractivity contribution >= 4 is 18.4 Å². The largest absolute Gasteiger partial charge is 0.392 e. The third-order valence-electron chi connectivity index (χ3n) is 4.35. The van der Waals surface area contributed by atoms with Crippen LogP contribution in [0.15, 0.2) is 85.0 Å². The number of aliphatic hydroxyl groups excluding tert-OH is 1. The van der Waals surface area contributed by atoms with Crippen LogP contribution in [0.2, 0.25) is 0 Å². The fraction of sp³-hybridized carbons (Fsp3) is 0.276. The summed E-state index contributed by atoms with van der Waals surface area (Å²) in [5, 5.41) is 8.58. The Bertz CT molecular complexity index is 841. The molecule has 2 heteroatoms. The molecule has 0 fully saturated rings.